The third-order valence-corrected chi connectivity index (χ3v) is 10.7. The van der Waals surface area contributed by atoms with Crippen molar-refractivity contribution < 1.29 is 0 Å². The number of hydrogen-bond acceptors (Lipinski definition) is 0. The minimum Gasteiger partial charge on any atom is -0.309 e. The lowest BCUT2D eigenvalue weighted by Gasteiger charge is -2.13. The molecule has 0 spiro atoms. The van der Waals surface area contributed by atoms with Crippen LogP contribution in [0.1, 0.15) is 19.4 Å². The molecule has 51 heavy (non-hydrogen) atoms. The van der Waals surface area contributed by atoms with Crippen molar-refractivity contribution in [2.45, 2.75) is 20.3 Å². The third kappa shape index (κ3) is 4.84. The molecule has 0 aliphatic rings. The van der Waals surface area contributed by atoms with Gasteiger partial charge in [0.05, 0.1) is 11.0 Å². The van der Waals surface area contributed by atoms with Gasteiger partial charge in [0.25, 0.3) is 0 Å². The summed E-state index contributed by atoms with van der Waals surface area (Å²) in [6.45, 7) is 4.59. The molecule has 0 unspecified atom stereocenters. The predicted molar refractivity (Wildman–Crippen MR) is 220 cm³/mol. The van der Waals surface area contributed by atoms with E-state index in [4.69, 9.17) is 0 Å². The van der Waals surface area contributed by atoms with Crippen LogP contribution in [0.4, 0.5) is 0 Å². The topological polar surface area (TPSA) is 4.93 Å². The third-order valence-electron chi connectivity index (χ3n) is 10.7. The largest absolute Gasteiger partial charge is 0.309 e. The van der Waals surface area contributed by atoms with Crippen molar-refractivity contribution in [2.75, 3.05) is 0 Å². The first kappa shape index (κ1) is 29.7. The Morgan fingerprint density at radius 1 is 0.392 bits per heavy atom. The maximum Gasteiger partial charge on any atom is 0.0541 e. The molecule has 1 nitrogen and oxygen atoms in total. The van der Waals surface area contributed by atoms with E-state index in [9.17, 15) is 0 Å². The van der Waals surface area contributed by atoms with E-state index in [2.05, 4.69) is 188 Å². The molecule has 0 bridgehead atoms. The molecule has 10 rings (SSSR count). The van der Waals surface area contributed by atoms with Gasteiger partial charge in [0, 0.05) is 16.5 Å². The fourth-order valence-corrected chi connectivity index (χ4v) is 8.52. The quantitative estimate of drug-likeness (QED) is 0.163. The van der Waals surface area contributed by atoms with Crippen LogP contribution in [0.3, 0.4) is 0 Å². The molecule has 1 aromatic heterocycles. The van der Waals surface area contributed by atoms with Crippen molar-refractivity contribution in [3.05, 3.63) is 175 Å². The first-order chi connectivity index (χ1) is 25.1. The van der Waals surface area contributed by atoms with E-state index in [1.165, 1.54) is 98.4 Å². The van der Waals surface area contributed by atoms with E-state index in [-0.39, 0.29) is 0 Å². The Morgan fingerprint density at radius 3 is 1.37 bits per heavy atom. The highest BCUT2D eigenvalue weighted by Gasteiger charge is 2.18. The summed E-state index contributed by atoms with van der Waals surface area (Å²) in [5, 5.41) is 12.8. The molecule has 10 aromatic rings. The molecule has 0 atom stereocenters. The van der Waals surface area contributed by atoms with Gasteiger partial charge in [-0.05, 0) is 132 Å². The van der Waals surface area contributed by atoms with Crippen LogP contribution in [-0.4, -0.2) is 4.57 Å². The van der Waals surface area contributed by atoms with E-state index in [1.54, 1.807) is 0 Å². The normalized spacial score (nSPS) is 12.0. The van der Waals surface area contributed by atoms with Crippen LogP contribution in [0, 0.1) is 5.92 Å². The standard InChI is InChI=1S/C50H37N/c1-32(2)26-33-12-11-15-38(27-33)51-49-24-22-36(45-28-34-13-3-5-16-39(34)41-18-7-9-20-43(41)45)30-47(49)48-31-37(23-25-50(48)51)46-29-35-14-4-6-17-40(35)42-19-8-10-21-44(42)46/h3-25,27-32H,26H2,1-2H3. The van der Waals surface area contributed by atoms with Crippen LogP contribution in [0.5, 0.6) is 0 Å². The summed E-state index contributed by atoms with van der Waals surface area (Å²) in [6, 6.07) is 63.3. The van der Waals surface area contributed by atoms with Crippen LogP contribution in [-0.2, 0) is 6.42 Å². The van der Waals surface area contributed by atoms with Crippen LogP contribution >= 0.6 is 0 Å². The van der Waals surface area contributed by atoms with Crippen molar-refractivity contribution in [3.63, 3.8) is 0 Å². The van der Waals surface area contributed by atoms with E-state index in [1.807, 2.05) is 0 Å². The number of hydrogen-bond donors (Lipinski definition) is 0. The lowest BCUT2D eigenvalue weighted by Crippen LogP contribution is -1.98. The lowest BCUT2D eigenvalue weighted by molar-refractivity contribution is 0.647. The van der Waals surface area contributed by atoms with Crippen molar-refractivity contribution >= 4 is 64.9 Å². The van der Waals surface area contributed by atoms with Gasteiger partial charge in [-0.15, -0.1) is 0 Å². The number of nitrogens with zero attached hydrogens (tertiary/aromatic N) is 1. The van der Waals surface area contributed by atoms with Gasteiger partial charge in [-0.2, -0.15) is 0 Å². The first-order valence-corrected chi connectivity index (χ1v) is 18.1. The minimum atomic E-state index is 0.595. The van der Waals surface area contributed by atoms with Gasteiger partial charge in [0.1, 0.15) is 0 Å². The second kappa shape index (κ2) is 11.7. The van der Waals surface area contributed by atoms with Crippen molar-refractivity contribution in [2.24, 2.45) is 5.92 Å². The highest BCUT2D eigenvalue weighted by Crippen LogP contribution is 2.42. The molecule has 0 aliphatic carbocycles. The van der Waals surface area contributed by atoms with Gasteiger partial charge in [0.2, 0.25) is 0 Å². The SMILES string of the molecule is CC(C)Cc1cccc(-n2c3ccc(-c4cc5ccccc5c5ccccc45)cc3c3cc(-c4cc5ccccc5c5ccccc45)ccc32)c1. The molecule has 0 fully saturated rings. The van der Waals surface area contributed by atoms with Crippen molar-refractivity contribution in [3.8, 4) is 27.9 Å². The van der Waals surface area contributed by atoms with Gasteiger partial charge in [-0.3, -0.25) is 0 Å². The molecule has 242 valence electrons. The molecule has 1 heterocycles. The van der Waals surface area contributed by atoms with Gasteiger partial charge < -0.3 is 4.57 Å². The fraction of sp³-hybridized carbons (Fsp3) is 0.0800. The zero-order chi connectivity index (χ0) is 34.1. The van der Waals surface area contributed by atoms with E-state index < -0.39 is 0 Å². The van der Waals surface area contributed by atoms with E-state index in [0.29, 0.717) is 5.92 Å². The van der Waals surface area contributed by atoms with Crippen LogP contribution in [0.25, 0.3) is 92.8 Å². The van der Waals surface area contributed by atoms with Crippen LogP contribution in [0.2, 0.25) is 0 Å². The average molecular weight is 652 g/mol. The highest BCUT2D eigenvalue weighted by atomic mass is 15.0. The van der Waals surface area contributed by atoms with E-state index >= 15 is 0 Å². The molecule has 0 saturated heterocycles. The summed E-state index contributed by atoms with van der Waals surface area (Å²) in [7, 11) is 0. The molecule has 0 N–H and O–H groups in total. The Kier molecular flexibility index (Phi) is 6.82. The summed E-state index contributed by atoms with van der Waals surface area (Å²) in [5.74, 6) is 0.595. The summed E-state index contributed by atoms with van der Waals surface area (Å²) in [5.41, 5.74) is 10.0. The molecular formula is C50H37N. The average Bonchev–Trinajstić information content (AvgIpc) is 3.50. The molecule has 0 aliphatic heterocycles. The first-order valence-electron chi connectivity index (χ1n) is 18.1. The smallest absolute Gasteiger partial charge is 0.0541 e. The Morgan fingerprint density at radius 2 is 0.863 bits per heavy atom. The predicted octanol–water partition coefficient (Wildman–Crippen LogP) is 13.9. The Hall–Kier alpha value is -6.18. The molecule has 9 aromatic carbocycles. The minimum absolute atomic E-state index is 0.595. The number of aromatic nitrogens is 1. The molecule has 0 saturated carbocycles. The zero-order valence-corrected chi connectivity index (χ0v) is 28.9. The van der Waals surface area contributed by atoms with Crippen LogP contribution < -0.4 is 0 Å². The van der Waals surface area contributed by atoms with Gasteiger partial charge in [0.15, 0.2) is 0 Å². The number of benzene rings is 9. The molecule has 0 amide bonds. The zero-order valence-electron chi connectivity index (χ0n) is 28.9. The Labute approximate surface area is 298 Å². The monoisotopic (exact) mass is 651 g/mol. The van der Waals surface area contributed by atoms with Gasteiger partial charge in [-0.1, -0.05) is 135 Å². The van der Waals surface area contributed by atoms with Gasteiger partial charge in [-0.25, -0.2) is 0 Å². The summed E-state index contributed by atoms with van der Waals surface area (Å²) in [6.07, 6.45) is 1.06. The number of fused-ring (bicyclic) bond motifs is 9. The summed E-state index contributed by atoms with van der Waals surface area (Å²) >= 11 is 0. The highest BCUT2D eigenvalue weighted by molar-refractivity contribution is 6.18. The Balaban J connectivity index is 1.26. The van der Waals surface area contributed by atoms with E-state index in [0.717, 1.165) is 6.42 Å². The molecular weight excluding hydrogens is 615 g/mol. The summed E-state index contributed by atoms with van der Waals surface area (Å²) in [4.78, 5) is 0. The molecule has 0 radical (unpaired) electrons. The number of rotatable bonds is 5. The Bertz CT molecular complexity index is 2800. The van der Waals surface area contributed by atoms with Crippen LogP contribution in [0.15, 0.2) is 170 Å². The lowest BCUT2D eigenvalue weighted by atomic mass is 9.92. The maximum absolute atomic E-state index is 2.47. The van der Waals surface area contributed by atoms with Gasteiger partial charge >= 0.3 is 0 Å². The van der Waals surface area contributed by atoms with Crippen molar-refractivity contribution in [1.82, 2.24) is 4.57 Å². The van der Waals surface area contributed by atoms with Crippen molar-refractivity contribution in [1.29, 1.82) is 0 Å². The fourth-order valence-electron chi connectivity index (χ4n) is 8.52. The molecule has 1 heteroatoms. The second-order valence-corrected chi connectivity index (χ2v) is 14.4. The maximum atomic E-state index is 2.47. The summed E-state index contributed by atoms with van der Waals surface area (Å²) < 4.78 is 2.47. The second-order valence-electron chi connectivity index (χ2n) is 14.4.